The molecule has 7 nitrogen and oxygen atoms in total. The Morgan fingerprint density at radius 1 is 1.29 bits per heavy atom. The summed E-state index contributed by atoms with van der Waals surface area (Å²) in [5.74, 6) is 0.121. The lowest BCUT2D eigenvalue weighted by Crippen LogP contribution is -2.37. The van der Waals surface area contributed by atoms with Crippen LogP contribution in [0, 0.1) is 12.8 Å². The third-order valence-electron chi connectivity index (χ3n) is 3.32. The molecule has 0 bridgehead atoms. The van der Waals surface area contributed by atoms with Gasteiger partial charge < -0.3 is 14.6 Å². The highest BCUT2D eigenvalue weighted by molar-refractivity contribution is 5.88. The van der Waals surface area contributed by atoms with Crippen molar-refractivity contribution < 1.29 is 18.8 Å². The summed E-state index contributed by atoms with van der Waals surface area (Å²) < 4.78 is 9.97. The fourth-order valence-electron chi connectivity index (χ4n) is 2.20. The van der Waals surface area contributed by atoms with Gasteiger partial charge in [-0.05, 0) is 25.8 Å². The van der Waals surface area contributed by atoms with Gasteiger partial charge in [0.05, 0.1) is 12.5 Å². The van der Waals surface area contributed by atoms with Crippen molar-refractivity contribution in [1.82, 2.24) is 10.5 Å². The number of carbonyl (C=O) groups is 2. The monoisotopic (exact) mass is 331 g/mol. The van der Waals surface area contributed by atoms with E-state index in [1.165, 1.54) is 0 Å². The third kappa shape index (κ3) is 5.42. The summed E-state index contributed by atoms with van der Waals surface area (Å²) in [5.41, 5.74) is 1.00. The molecule has 0 aliphatic rings. The molecule has 1 heterocycles. The zero-order valence-electron chi connectivity index (χ0n) is 13.7. The zero-order valence-corrected chi connectivity index (χ0v) is 13.7. The van der Waals surface area contributed by atoms with Crippen LogP contribution in [0.1, 0.15) is 18.2 Å². The number of amides is 2. The van der Waals surface area contributed by atoms with Gasteiger partial charge in [0.15, 0.2) is 5.82 Å². The predicted octanol–water partition coefficient (Wildman–Crippen LogP) is 2.53. The van der Waals surface area contributed by atoms with Gasteiger partial charge in [0.2, 0.25) is 0 Å². The van der Waals surface area contributed by atoms with Crippen LogP contribution in [0.15, 0.2) is 40.9 Å². The number of rotatable bonds is 7. The lowest BCUT2D eigenvalue weighted by molar-refractivity contribution is -0.147. The first kappa shape index (κ1) is 17.5. The van der Waals surface area contributed by atoms with Crippen LogP contribution < -0.4 is 10.6 Å². The van der Waals surface area contributed by atoms with E-state index in [4.69, 9.17) is 9.26 Å². The summed E-state index contributed by atoms with van der Waals surface area (Å²) in [6.45, 7) is 3.95. The summed E-state index contributed by atoms with van der Waals surface area (Å²) >= 11 is 0. The number of aromatic nitrogens is 1. The Labute approximate surface area is 140 Å². The number of carbonyl (C=O) groups excluding carboxylic acids is 2. The highest BCUT2D eigenvalue weighted by atomic mass is 16.5. The minimum Gasteiger partial charge on any atom is -0.466 e. The molecule has 0 unspecified atom stereocenters. The standard InChI is InChI=1S/C17H21N3O4/c1-3-23-16(21)14(10-13-7-5-4-6-8-13)11-18-17(22)19-15-9-12(2)24-20-15/h4-9,14H,3,10-11H2,1-2H3,(H2,18,19,20,22)/t14-/m0/s1. The van der Waals surface area contributed by atoms with Crippen LogP contribution in [0.2, 0.25) is 0 Å². The predicted molar refractivity (Wildman–Crippen MR) is 88.5 cm³/mol. The molecule has 0 radical (unpaired) electrons. The minimum absolute atomic E-state index is 0.163. The fraction of sp³-hybridized carbons (Fsp3) is 0.353. The molecule has 2 aromatic rings. The first-order valence-corrected chi connectivity index (χ1v) is 7.77. The number of nitrogens with zero attached hydrogens (tertiary/aromatic N) is 1. The maximum atomic E-state index is 12.1. The van der Waals surface area contributed by atoms with Gasteiger partial charge in [-0.1, -0.05) is 35.5 Å². The number of benzene rings is 1. The molecule has 7 heteroatoms. The number of esters is 1. The summed E-state index contributed by atoms with van der Waals surface area (Å²) in [6, 6.07) is 10.7. The van der Waals surface area contributed by atoms with Gasteiger partial charge in [-0.2, -0.15) is 0 Å². The number of hydrogen-bond acceptors (Lipinski definition) is 5. The number of aryl methyl sites for hydroxylation is 1. The molecule has 2 N–H and O–H groups in total. The molecule has 0 spiro atoms. The second-order valence-corrected chi connectivity index (χ2v) is 5.30. The maximum absolute atomic E-state index is 12.1. The highest BCUT2D eigenvalue weighted by Crippen LogP contribution is 2.11. The first-order chi connectivity index (χ1) is 11.6. The maximum Gasteiger partial charge on any atom is 0.320 e. The molecule has 0 saturated heterocycles. The topological polar surface area (TPSA) is 93.5 Å². The van der Waals surface area contributed by atoms with Crippen LogP contribution in [0.25, 0.3) is 0 Å². The number of hydrogen-bond donors (Lipinski definition) is 2. The largest absolute Gasteiger partial charge is 0.466 e. The van der Waals surface area contributed by atoms with Crippen molar-refractivity contribution in [1.29, 1.82) is 0 Å². The van der Waals surface area contributed by atoms with E-state index in [2.05, 4.69) is 15.8 Å². The van der Waals surface area contributed by atoms with Crippen LogP contribution in [0.5, 0.6) is 0 Å². The van der Waals surface area contributed by atoms with Crippen LogP contribution >= 0.6 is 0 Å². The van der Waals surface area contributed by atoms with Crippen molar-refractivity contribution in [2.24, 2.45) is 5.92 Å². The van der Waals surface area contributed by atoms with Crippen molar-refractivity contribution in [2.75, 3.05) is 18.5 Å². The lowest BCUT2D eigenvalue weighted by atomic mass is 9.99. The van der Waals surface area contributed by atoms with Crippen LogP contribution in [-0.2, 0) is 16.0 Å². The van der Waals surface area contributed by atoms with Gasteiger partial charge in [0.1, 0.15) is 5.76 Å². The van der Waals surface area contributed by atoms with Crippen molar-refractivity contribution in [2.45, 2.75) is 20.3 Å². The second-order valence-electron chi connectivity index (χ2n) is 5.30. The van der Waals surface area contributed by atoms with Crippen LogP contribution in [0.3, 0.4) is 0 Å². The van der Waals surface area contributed by atoms with E-state index in [0.717, 1.165) is 5.56 Å². The second kappa shape index (κ2) is 8.71. The van der Waals surface area contributed by atoms with Gasteiger partial charge >= 0.3 is 12.0 Å². The summed E-state index contributed by atoms with van der Waals surface area (Å²) in [4.78, 5) is 24.0. The van der Waals surface area contributed by atoms with Crippen molar-refractivity contribution in [3.8, 4) is 0 Å². The van der Waals surface area contributed by atoms with Gasteiger partial charge in [-0.15, -0.1) is 0 Å². The van der Waals surface area contributed by atoms with E-state index in [0.29, 0.717) is 24.6 Å². The van der Waals surface area contributed by atoms with E-state index >= 15 is 0 Å². The molecular formula is C17H21N3O4. The zero-order chi connectivity index (χ0) is 17.4. The molecule has 1 atom stereocenters. The SMILES string of the molecule is CCOC(=O)[C@H](CNC(=O)Nc1cc(C)on1)Cc1ccccc1. The first-order valence-electron chi connectivity index (χ1n) is 7.77. The Morgan fingerprint density at radius 3 is 2.67 bits per heavy atom. The average Bonchev–Trinajstić information content (AvgIpc) is 2.97. The van der Waals surface area contributed by atoms with E-state index in [-0.39, 0.29) is 12.5 Å². The third-order valence-corrected chi connectivity index (χ3v) is 3.32. The molecule has 2 rings (SSSR count). The Bertz CT molecular complexity index is 669. The molecule has 24 heavy (non-hydrogen) atoms. The van der Waals surface area contributed by atoms with Crippen molar-refractivity contribution in [3.63, 3.8) is 0 Å². The number of urea groups is 1. The van der Waals surface area contributed by atoms with Gasteiger partial charge in [0.25, 0.3) is 0 Å². The molecule has 0 aliphatic heterocycles. The smallest absolute Gasteiger partial charge is 0.320 e. The molecule has 1 aromatic heterocycles. The van der Waals surface area contributed by atoms with Crippen molar-refractivity contribution in [3.05, 3.63) is 47.7 Å². The Balaban J connectivity index is 1.92. The number of ether oxygens (including phenoxy) is 1. The van der Waals surface area contributed by atoms with E-state index in [1.54, 1.807) is 19.9 Å². The minimum atomic E-state index is -0.461. The molecular weight excluding hydrogens is 310 g/mol. The summed E-state index contributed by atoms with van der Waals surface area (Å²) in [6.07, 6.45) is 0.489. The van der Waals surface area contributed by atoms with Crippen LogP contribution in [0.4, 0.5) is 10.6 Å². The molecule has 2 amide bonds. The Morgan fingerprint density at radius 2 is 2.04 bits per heavy atom. The van der Waals surface area contributed by atoms with E-state index < -0.39 is 11.9 Å². The Hall–Kier alpha value is -2.83. The van der Waals surface area contributed by atoms with Gasteiger partial charge in [0, 0.05) is 12.6 Å². The van der Waals surface area contributed by atoms with Crippen molar-refractivity contribution >= 4 is 17.8 Å². The van der Waals surface area contributed by atoms with Crippen LogP contribution in [-0.4, -0.2) is 30.3 Å². The highest BCUT2D eigenvalue weighted by Gasteiger charge is 2.21. The molecule has 128 valence electrons. The Kier molecular flexibility index (Phi) is 6.36. The van der Waals surface area contributed by atoms with Gasteiger partial charge in [-0.25, -0.2) is 4.79 Å². The molecule has 1 aromatic carbocycles. The van der Waals surface area contributed by atoms with Gasteiger partial charge in [-0.3, -0.25) is 10.1 Å². The number of anilines is 1. The lowest BCUT2D eigenvalue weighted by Gasteiger charge is -2.16. The summed E-state index contributed by atoms with van der Waals surface area (Å²) in [5, 5.41) is 8.89. The number of nitrogens with one attached hydrogen (secondary N) is 2. The molecule has 0 saturated carbocycles. The summed E-state index contributed by atoms with van der Waals surface area (Å²) in [7, 11) is 0. The normalized spacial score (nSPS) is 11.6. The average molecular weight is 331 g/mol. The molecule has 0 aliphatic carbocycles. The quantitative estimate of drug-likeness (QED) is 0.760. The van der Waals surface area contributed by atoms with E-state index in [1.807, 2.05) is 30.3 Å². The van der Waals surface area contributed by atoms with E-state index in [9.17, 15) is 9.59 Å². The molecule has 0 fully saturated rings. The fourth-order valence-corrected chi connectivity index (χ4v) is 2.20.